The largest absolute Gasteiger partial charge is 0.342 e. The van der Waals surface area contributed by atoms with Crippen molar-refractivity contribution in [1.29, 1.82) is 0 Å². The highest BCUT2D eigenvalue weighted by atomic mass is 16.2. The monoisotopic (exact) mass is 372 g/mol. The van der Waals surface area contributed by atoms with Crippen molar-refractivity contribution < 1.29 is 9.59 Å². The first-order chi connectivity index (χ1) is 13.1. The molecular formula is C21H32N4O2. The summed E-state index contributed by atoms with van der Waals surface area (Å²) in [7, 11) is 0. The number of aryl methyl sites for hydroxylation is 1. The van der Waals surface area contributed by atoms with Crippen LogP contribution in [0, 0.1) is 24.7 Å². The first kappa shape index (κ1) is 19.7. The number of rotatable bonds is 5. The molecule has 4 N–H and O–H groups in total. The number of amides is 3. The molecule has 0 radical (unpaired) electrons. The molecule has 2 aliphatic rings. The highest BCUT2D eigenvalue weighted by Crippen LogP contribution is 2.33. The maximum Gasteiger partial charge on any atom is 0.319 e. The van der Waals surface area contributed by atoms with Gasteiger partial charge in [-0.3, -0.25) is 4.79 Å². The average Bonchev–Trinajstić information content (AvgIpc) is 3.16. The molecule has 1 aliphatic carbocycles. The molecule has 0 spiro atoms. The summed E-state index contributed by atoms with van der Waals surface area (Å²) in [5.74, 6) is 1.03. The van der Waals surface area contributed by atoms with Gasteiger partial charge in [0.05, 0.1) is 0 Å². The van der Waals surface area contributed by atoms with Crippen molar-refractivity contribution >= 4 is 17.6 Å². The molecule has 1 aliphatic heterocycles. The molecule has 6 heteroatoms. The van der Waals surface area contributed by atoms with Crippen LogP contribution in [0.3, 0.4) is 0 Å². The van der Waals surface area contributed by atoms with Crippen molar-refractivity contribution in [3.8, 4) is 0 Å². The molecule has 3 rings (SSSR count). The van der Waals surface area contributed by atoms with Gasteiger partial charge >= 0.3 is 6.03 Å². The maximum absolute atomic E-state index is 12.9. The van der Waals surface area contributed by atoms with Gasteiger partial charge in [0.1, 0.15) is 0 Å². The number of piperidine rings is 1. The molecule has 1 unspecified atom stereocenters. The van der Waals surface area contributed by atoms with E-state index >= 15 is 0 Å². The van der Waals surface area contributed by atoms with Gasteiger partial charge in [-0.1, -0.05) is 24.1 Å². The van der Waals surface area contributed by atoms with E-state index in [-0.39, 0.29) is 17.9 Å². The van der Waals surface area contributed by atoms with Crippen molar-refractivity contribution in [1.82, 2.24) is 10.2 Å². The minimum Gasteiger partial charge on any atom is -0.342 e. The zero-order chi connectivity index (χ0) is 19.2. The quantitative estimate of drug-likeness (QED) is 0.743. The summed E-state index contributed by atoms with van der Waals surface area (Å²) >= 11 is 0. The Labute approximate surface area is 161 Å². The number of carbonyl (C=O) groups is 2. The Balaban J connectivity index is 1.46. The summed E-state index contributed by atoms with van der Waals surface area (Å²) in [5, 5.41) is 5.81. The SMILES string of the molecule is Cc1ccc(NC(=O)NCC2CCCN(C(=O)[C@@H]3CCC[C@@H]3CN)C2)cc1. The Morgan fingerprint density at radius 2 is 1.93 bits per heavy atom. The van der Waals surface area contributed by atoms with Gasteiger partial charge in [0, 0.05) is 31.2 Å². The van der Waals surface area contributed by atoms with Crippen LogP contribution in [0.4, 0.5) is 10.5 Å². The van der Waals surface area contributed by atoms with E-state index in [9.17, 15) is 9.59 Å². The maximum atomic E-state index is 12.9. The number of carbonyl (C=O) groups excluding carboxylic acids is 2. The number of nitrogens with one attached hydrogen (secondary N) is 2. The molecule has 1 aromatic carbocycles. The molecule has 27 heavy (non-hydrogen) atoms. The van der Waals surface area contributed by atoms with Crippen LogP contribution in [0.2, 0.25) is 0 Å². The standard InChI is InChI=1S/C21H32N4O2/c1-15-7-9-18(10-8-15)24-21(27)23-13-16-4-3-11-25(14-16)20(26)19-6-2-5-17(19)12-22/h7-10,16-17,19H,2-6,11-14,22H2,1H3,(H2,23,24,27)/t16?,17-,19-/m1/s1. The minimum atomic E-state index is -0.193. The zero-order valence-corrected chi connectivity index (χ0v) is 16.2. The van der Waals surface area contributed by atoms with Crippen LogP contribution in [0.25, 0.3) is 0 Å². The summed E-state index contributed by atoms with van der Waals surface area (Å²) in [6.07, 6.45) is 5.19. The van der Waals surface area contributed by atoms with Gasteiger partial charge in [-0.25, -0.2) is 4.79 Å². The molecule has 148 valence electrons. The number of nitrogens with zero attached hydrogens (tertiary/aromatic N) is 1. The van der Waals surface area contributed by atoms with Gasteiger partial charge in [0.2, 0.25) is 5.91 Å². The number of hydrogen-bond acceptors (Lipinski definition) is 3. The van der Waals surface area contributed by atoms with Crippen LogP contribution in [-0.2, 0) is 4.79 Å². The number of hydrogen-bond donors (Lipinski definition) is 3. The molecule has 0 aromatic heterocycles. The summed E-state index contributed by atoms with van der Waals surface area (Å²) in [6.45, 7) is 4.78. The Bertz CT molecular complexity index is 646. The van der Waals surface area contributed by atoms with E-state index in [0.717, 1.165) is 56.4 Å². The number of nitrogens with two attached hydrogens (primary N) is 1. The number of benzene rings is 1. The van der Waals surface area contributed by atoms with Crippen LogP contribution in [-0.4, -0.2) is 43.0 Å². The Kier molecular flexibility index (Phi) is 6.72. The van der Waals surface area contributed by atoms with E-state index in [4.69, 9.17) is 5.73 Å². The van der Waals surface area contributed by atoms with Crippen molar-refractivity contribution in [2.24, 2.45) is 23.5 Å². The summed E-state index contributed by atoms with van der Waals surface area (Å²) in [5.41, 5.74) is 7.79. The molecule has 1 aromatic rings. The molecule has 1 heterocycles. The molecule has 2 fully saturated rings. The second kappa shape index (κ2) is 9.22. The predicted molar refractivity (Wildman–Crippen MR) is 107 cm³/mol. The van der Waals surface area contributed by atoms with E-state index in [1.54, 1.807) is 0 Å². The van der Waals surface area contributed by atoms with Crippen molar-refractivity contribution in [3.63, 3.8) is 0 Å². The Morgan fingerprint density at radius 1 is 1.15 bits per heavy atom. The first-order valence-corrected chi connectivity index (χ1v) is 10.2. The van der Waals surface area contributed by atoms with Crippen molar-refractivity contribution in [2.75, 3.05) is 31.5 Å². The van der Waals surface area contributed by atoms with Crippen LogP contribution in [0.1, 0.15) is 37.7 Å². The van der Waals surface area contributed by atoms with Crippen molar-refractivity contribution in [2.45, 2.75) is 39.0 Å². The second-order valence-electron chi connectivity index (χ2n) is 8.03. The highest BCUT2D eigenvalue weighted by Gasteiger charge is 2.36. The zero-order valence-electron chi connectivity index (χ0n) is 16.2. The van der Waals surface area contributed by atoms with Gasteiger partial charge in [-0.2, -0.15) is 0 Å². The van der Waals surface area contributed by atoms with Crippen LogP contribution in [0.15, 0.2) is 24.3 Å². The number of likely N-dealkylation sites (tertiary alicyclic amines) is 1. The lowest BCUT2D eigenvalue weighted by Gasteiger charge is -2.35. The number of anilines is 1. The molecule has 6 nitrogen and oxygen atoms in total. The lowest BCUT2D eigenvalue weighted by molar-refractivity contribution is -0.138. The smallest absolute Gasteiger partial charge is 0.319 e. The topological polar surface area (TPSA) is 87.5 Å². The Hall–Kier alpha value is -2.08. The van der Waals surface area contributed by atoms with E-state index in [1.165, 1.54) is 0 Å². The molecule has 1 saturated carbocycles. The second-order valence-corrected chi connectivity index (χ2v) is 8.03. The van der Waals surface area contributed by atoms with Gasteiger partial charge in [0.15, 0.2) is 0 Å². The molecule has 3 amide bonds. The van der Waals surface area contributed by atoms with Gasteiger partial charge in [-0.15, -0.1) is 0 Å². The van der Waals surface area contributed by atoms with Crippen LogP contribution in [0.5, 0.6) is 0 Å². The fraction of sp³-hybridized carbons (Fsp3) is 0.619. The van der Waals surface area contributed by atoms with E-state index in [1.807, 2.05) is 36.1 Å². The summed E-state index contributed by atoms with van der Waals surface area (Å²) < 4.78 is 0. The molecule has 3 atom stereocenters. The summed E-state index contributed by atoms with van der Waals surface area (Å²) in [6, 6.07) is 7.54. The van der Waals surface area contributed by atoms with E-state index < -0.39 is 0 Å². The van der Waals surface area contributed by atoms with Crippen LogP contribution >= 0.6 is 0 Å². The minimum absolute atomic E-state index is 0.103. The normalized spacial score (nSPS) is 25.3. The van der Waals surface area contributed by atoms with E-state index in [0.29, 0.717) is 24.9 Å². The third kappa shape index (κ3) is 5.22. The third-order valence-corrected chi connectivity index (χ3v) is 5.97. The highest BCUT2D eigenvalue weighted by molar-refractivity contribution is 5.89. The predicted octanol–water partition coefficient (Wildman–Crippen LogP) is 2.73. The fourth-order valence-corrected chi connectivity index (χ4v) is 4.36. The lowest BCUT2D eigenvalue weighted by Crippen LogP contribution is -2.47. The lowest BCUT2D eigenvalue weighted by atomic mass is 9.92. The van der Waals surface area contributed by atoms with Gasteiger partial charge in [-0.05, 0) is 63.1 Å². The summed E-state index contributed by atoms with van der Waals surface area (Å²) in [4.78, 5) is 27.0. The molecular weight excluding hydrogens is 340 g/mol. The molecule has 1 saturated heterocycles. The fourth-order valence-electron chi connectivity index (χ4n) is 4.36. The number of urea groups is 1. The average molecular weight is 373 g/mol. The van der Waals surface area contributed by atoms with Gasteiger partial charge in [0.25, 0.3) is 0 Å². The van der Waals surface area contributed by atoms with Crippen molar-refractivity contribution in [3.05, 3.63) is 29.8 Å². The Morgan fingerprint density at radius 3 is 2.67 bits per heavy atom. The third-order valence-electron chi connectivity index (χ3n) is 5.97. The van der Waals surface area contributed by atoms with E-state index in [2.05, 4.69) is 10.6 Å². The van der Waals surface area contributed by atoms with Crippen LogP contribution < -0.4 is 16.4 Å². The molecule has 0 bridgehead atoms. The van der Waals surface area contributed by atoms with Gasteiger partial charge < -0.3 is 21.3 Å². The first-order valence-electron chi connectivity index (χ1n) is 10.2.